The van der Waals surface area contributed by atoms with Crippen molar-refractivity contribution < 1.29 is 9.53 Å². The third-order valence-electron chi connectivity index (χ3n) is 2.74. The van der Waals surface area contributed by atoms with Gasteiger partial charge in [-0.2, -0.15) is 0 Å². The van der Waals surface area contributed by atoms with E-state index in [0.717, 1.165) is 27.9 Å². The smallest absolute Gasteiger partial charge is 0.221 e. The number of primary amides is 1. The Hall–Kier alpha value is -2.10. The van der Waals surface area contributed by atoms with Gasteiger partial charge < -0.3 is 10.5 Å². The molecule has 1 aromatic heterocycles. The molecule has 1 heterocycles. The molecule has 1 amide bonds. The molecule has 0 aliphatic heterocycles. The second kappa shape index (κ2) is 5.26. The predicted octanol–water partition coefficient (Wildman–Crippen LogP) is 2.36. The fourth-order valence-corrected chi connectivity index (χ4v) is 2.12. The fourth-order valence-electron chi connectivity index (χ4n) is 2.12. The summed E-state index contributed by atoms with van der Waals surface area (Å²) in [5.74, 6) is 0.393. The second-order valence-corrected chi connectivity index (χ2v) is 4.88. The minimum atomic E-state index is -0.345. The first-order chi connectivity index (χ1) is 8.97. The molecule has 100 valence electrons. The number of nitrogens with zero attached hydrogens (tertiary/aromatic N) is 1. The van der Waals surface area contributed by atoms with Crippen molar-refractivity contribution in [2.75, 3.05) is 0 Å². The molecule has 0 atom stereocenters. The van der Waals surface area contributed by atoms with Crippen LogP contribution < -0.4 is 10.5 Å². The Kier molecular flexibility index (Phi) is 3.69. The number of para-hydroxylation sites is 1. The summed E-state index contributed by atoms with van der Waals surface area (Å²) >= 11 is 0. The number of nitrogens with two attached hydrogens (primary N) is 1. The number of fused-ring (bicyclic) bond motifs is 1. The maximum atomic E-state index is 11.2. The van der Waals surface area contributed by atoms with Crippen molar-refractivity contribution in [1.82, 2.24) is 4.98 Å². The summed E-state index contributed by atoms with van der Waals surface area (Å²) in [7, 11) is 0. The highest BCUT2D eigenvalue weighted by Crippen LogP contribution is 2.28. The maximum Gasteiger partial charge on any atom is 0.221 e. The molecule has 0 radical (unpaired) electrons. The van der Waals surface area contributed by atoms with E-state index >= 15 is 0 Å². The van der Waals surface area contributed by atoms with Crippen LogP contribution in [0.15, 0.2) is 24.3 Å². The van der Waals surface area contributed by atoms with Gasteiger partial charge in [0.2, 0.25) is 5.91 Å². The monoisotopic (exact) mass is 258 g/mol. The fraction of sp³-hybridized carbons (Fsp3) is 0.333. The lowest BCUT2D eigenvalue weighted by atomic mass is 10.0. The number of rotatable bonds is 4. The van der Waals surface area contributed by atoms with E-state index in [1.807, 2.05) is 45.0 Å². The number of ether oxygens (including phenoxy) is 1. The minimum Gasteiger partial charge on any atom is -0.489 e. The SMILES string of the molecule is Cc1cc(CC(N)=O)c2cccc(OC(C)C)c2n1. The summed E-state index contributed by atoms with van der Waals surface area (Å²) in [6.07, 6.45) is 0.290. The van der Waals surface area contributed by atoms with Crippen LogP contribution in [0.3, 0.4) is 0 Å². The van der Waals surface area contributed by atoms with E-state index in [4.69, 9.17) is 10.5 Å². The van der Waals surface area contributed by atoms with Crippen molar-refractivity contribution >= 4 is 16.8 Å². The van der Waals surface area contributed by atoms with Crippen LogP contribution in [0, 0.1) is 6.92 Å². The molecule has 0 saturated heterocycles. The molecule has 2 aromatic rings. The minimum absolute atomic E-state index is 0.0764. The summed E-state index contributed by atoms with van der Waals surface area (Å²) in [5.41, 5.74) is 7.82. The first-order valence-electron chi connectivity index (χ1n) is 6.31. The Morgan fingerprint density at radius 2 is 2.16 bits per heavy atom. The zero-order valence-corrected chi connectivity index (χ0v) is 11.4. The first kappa shape index (κ1) is 13.3. The summed E-state index contributed by atoms with van der Waals surface area (Å²) in [6.45, 7) is 5.84. The summed E-state index contributed by atoms with van der Waals surface area (Å²) in [4.78, 5) is 15.7. The first-order valence-corrected chi connectivity index (χ1v) is 6.31. The van der Waals surface area contributed by atoms with Gasteiger partial charge in [0.05, 0.1) is 12.5 Å². The van der Waals surface area contributed by atoms with E-state index in [2.05, 4.69) is 4.98 Å². The molecule has 2 rings (SSSR count). The van der Waals surface area contributed by atoms with Gasteiger partial charge in [-0.25, -0.2) is 4.98 Å². The predicted molar refractivity (Wildman–Crippen MR) is 75.1 cm³/mol. The summed E-state index contributed by atoms with van der Waals surface area (Å²) < 4.78 is 5.76. The van der Waals surface area contributed by atoms with Gasteiger partial charge in [0, 0.05) is 11.1 Å². The van der Waals surface area contributed by atoms with E-state index in [9.17, 15) is 4.79 Å². The molecule has 1 aromatic carbocycles. The molecule has 0 unspecified atom stereocenters. The third kappa shape index (κ3) is 3.02. The molecule has 0 bridgehead atoms. The Bertz CT molecular complexity index is 621. The zero-order valence-electron chi connectivity index (χ0n) is 11.4. The molecular formula is C15H18N2O2. The van der Waals surface area contributed by atoms with Crippen molar-refractivity contribution in [3.05, 3.63) is 35.5 Å². The van der Waals surface area contributed by atoms with Crippen molar-refractivity contribution in [1.29, 1.82) is 0 Å². The lowest BCUT2D eigenvalue weighted by Gasteiger charge is -2.13. The summed E-state index contributed by atoms with van der Waals surface area (Å²) in [6, 6.07) is 7.63. The Balaban J connectivity index is 2.62. The highest BCUT2D eigenvalue weighted by molar-refractivity contribution is 5.91. The Morgan fingerprint density at radius 1 is 1.42 bits per heavy atom. The van der Waals surface area contributed by atoms with Crippen LogP contribution >= 0.6 is 0 Å². The van der Waals surface area contributed by atoms with E-state index in [0.29, 0.717) is 0 Å². The number of aromatic nitrogens is 1. The van der Waals surface area contributed by atoms with E-state index in [1.165, 1.54) is 0 Å². The number of amides is 1. The van der Waals surface area contributed by atoms with Crippen LogP contribution in [0.25, 0.3) is 10.9 Å². The van der Waals surface area contributed by atoms with Crippen LogP contribution in [0.1, 0.15) is 25.1 Å². The average molecular weight is 258 g/mol. The van der Waals surface area contributed by atoms with Crippen molar-refractivity contribution in [3.63, 3.8) is 0 Å². The lowest BCUT2D eigenvalue weighted by Crippen LogP contribution is -2.14. The topological polar surface area (TPSA) is 65.2 Å². The molecule has 2 N–H and O–H groups in total. The molecule has 19 heavy (non-hydrogen) atoms. The molecule has 0 saturated carbocycles. The zero-order chi connectivity index (χ0) is 14.0. The number of aryl methyl sites for hydroxylation is 1. The number of hydrogen-bond donors (Lipinski definition) is 1. The Labute approximate surface area is 112 Å². The van der Waals surface area contributed by atoms with E-state index in [1.54, 1.807) is 0 Å². The maximum absolute atomic E-state index is 11.2. The number of hydrogen-bond acceptors (Lipinski definition) is 3. The molecular weight excluding hydrogens is 240 g/mol. The van der Waals surface area contributed by atoms with E-state index < -0.39 is 0 Å². The van der Waals surface area contributed by atoms with Gasteiger partial charge in [-0.15, -0.1) is 0 Å². The molecule has 0 aliphatic rings. The lowest BCUT2D eigenvalue weighted by molar-refractivity contribution is -0.117. The van der Waals surface area contributed by atoms with Gasteiger partial charge in [0.15, 0.2) is 0 Å². The highest BCUT2D eigenvalue weighted by Gasteiger charge is 2.11. The van der Waals surface area contributed by atoms with Crippen LogP contribution in [-0.2, 0) is 11.2 Å². The highest BCUT2D eigenvalue weighted by atomic mass is 16.5. The van der Waals surface area contributed by atoms with Crippen LogP contribution in [0.4, 0.5) is 0 Å². The number of carbonyl (C=O) groups excluding carboxylic acids is 1. The molecule has 0 fully saturated rings. The molecule has 0 aliphatic carbocycles. The van der Waals surface area contributed by atoms with Crippen molar-refractivity contribution in [3.8, 4) is 5.75 Å². The van der Waals surface area contributed by atoms with Gasteiger partial charge >= 0.3 is 0 Å². The summed E-state index contributed by atoms with van der Waals surface area (Å²) in [5, 5.41) is 0.919. The van der Waals surface area contributed by atoms with Gasteiger partial charge in [-0.05, 0) is 38.5 Å². The molecule has 0 spiro atoms. The van der Waals surface area contributed by atoms with Crippen LogP contribution in [-0.4, -0.2) is 17.0 Å². The standard InChI is InChI=1S/C15H18N2O2/c1-9(2)19-13-6-4-5-12-11(8-14(16)18)7-10(3)17-15(12)13/h4-7,9H,8H2,1-3H3,(H2,16,18). The largest absolute Gasteiger partial charge is 0.489 e. The number of pyridine rings is 1. The van der Waals surface area contributed by atoms with E-state index in [-0.39, 0.29) is 18.4 Å². The number of carbonyl (C=O) groups is 1. The van der Waals surface area contributed by atoms with Gasteiger partial charge in [-0.3, -0.25) is 4.79 Å². The van der Waals surface area contributed by atoms with Crippen molar-refractivity contribution in [2.24, 2.45) is 5.73 Å². The average Bonchev–Trinajstić information content (AvgIpc) is 2.28. The van der Waals surface area contributed by atoms with Crippen LogP contribution in [0.5, 0.6) is 5.75 Å². The van der Waals surface area contributed by atoms with Gasteiger partial charge in [-0.1, -0.05) is 12.1 Å². The second-order valence-electron chi connectivity index (χ2n) is 4.88. The van der Waals surface area contributed by atoms with Gasteiger partial charge in [0.25, 0.3) is 0 Å². The molecule has 4 heteroatoms. The third-order valence-corrected chi connectivity index (χ3v) is 2.74. The van der Waals surface area contributed by atoms with Gasteiger partial charge in [0.1, 0.15) is 11.3 Å². The normalized spacial score (nSPS) is 10.9. The van der Waals surface area contributed by atoms with Crippen LogP contribution in [0.2, 0.25) is 0 Å². The molecule has 4 nitrogen and oxygen atoms in total. The number of benzene rings is 1. The Morgan fingerprint density at radius 3 is 2.79 bits per heavy atom. The quantitative estimate of drug-likeness (QED) is 0.915. The van der Waals surface area contributed by atoms with Crippen molar-refractivity contribution in [2.45, 2.75) is 33.3 Å².